The molecule has 0 amide bonds. The van der Waals surface area contributed by atoms with Crippen LogP contribution >= 0.6 is 0 Å². The standard InChI is InChI=1S/C14H27NO3/c1-4-18-14(16)10-17-9-8-15-13-7-5-6-11(2)12(13)3/h11-13,15H,4-10H2,1-3H3. The fraction of sp³-hybridized carbons (Fsp3) is 0.929. The number of nitrogens with one attached hydrogen (secondary N) is 1. The molecule has 0 heterocycles. The molecule has 0 aromatic rings. The fourth-order valence-corrected chi connectivity index (χ4v) is 2.54. The average Bonchev–Trinajstić information content (AvgIpc) is 2.34. The first-order chi connectivity index (χ1) is 8.65. The van der Waals surface area contributed by atoms with Crippen LogP contribution in [-0.2, 0) is 14.3 Å². The number of rotatable bonds is 7. The second-order valence-corrected chi connectivity index (χ2v) is 5.19. The zero-order valence-corrected chi connectivity index (χ0v) is 11.9. The molecule has 3 unspecified atom stereocenters. The molecule has 18 heavy (non-hydrogen) atoms. The average molecular weight is 257 g/mol. The number of carbonyl (C=O) groups is 1. The van der Waals surface area contributed by atoms with Gasteiger partial charge in [-0.1, -0.05) is 26.7 Å². The minimum atomic E-state index is -0.280. The highest BCUT2D eigenvalue weighted by Gasteiger charge is 2.26. The number of carbonyl (C=O) groups excluding carboxylic acids is 1. The Bertz CT molecular complexity index is 245. The van der Waals surface area contributed by atoms with Gasteiger partial charge in [-0.2, -0.15) is 0 Å². The van der Waals surface area contributed by atoms with Crippen molar-refractivity contribution in [3.05, 3.63) is 0 Å². The molecule has 0 aliphatic heterocycles. The van der Waals surface area contributed by atoms with E-state index in [4.69, 9.17) is 9.47 Å². The van der Waals surface area contributed by atoms with Gasteiger partial charge in [-0.15, -0.1) is 0 Å². The van der Waals surface area contributed by atoms with Crippen LogP contribution in [0.15, 0.2) is 0 Å². The molecular formula is C14H27NO3. The maximum atomic E-state index is 11.0. The lowest BCUT2D eigenvalue weighted by molar-refractivity contribution is -0.148. The Kier molecular flexibility index (Phi) is 7.28. The van der Waals surface area contributed by atoms with E-state index in [1.807, 2.05) is 0 Å². The second-order valence-electron chi connectivity index (χ2n) is 5.19. The highest BCUT2D eigenvalue weighted by molar-refractivity contribution is 5.70. The maximum absolute atomic E-state index is 11.0. The van der Waals surface area contributed by atoms with Crippen molar-refractivity contribution in [3.8, 4) is 0 Å². The van der Waals surface area contributed by atoms with E-state index in [0.29, 0.717) is 19.3 Å². The van der Waals surface area contributed by atoms with Crippen LogP contribution < -0.4 is 5.32 Å². The molecule has 0 saturated heterocycles. The molecule has 0 aromatic carbocycles. The molecule has 0 radical (unpaired) electrons. The van der Waals surface area contributed by atoms with Crippen LogP contribution in [0.4, 0.5) is 0 Å². The monoisotopic (exact) mass is 257 g/mol. The number of esters is 1. The van der Waals surface area contributed by atoms with Gasteiger partial charge in [-0.3, -0.25) is 0 Å². The van der Waals surface area contributed by atoms with E-state index in [1.54, 1.807) is 6.92 Å². The van der Waals surface area contributed by atoms with E-state index in [0.717, 1.165) is 18.4 Å². The SMILES string of the molecule is CCOC(=O)COCCNC1CCCC(C)C1C. The summed E-state index contributed by atoms with van der Waals surface area (Å²) in [5.74, 6) is 1.25. The van der Waals surface area contributed by atoms with Gasteiger partial charge in [0, 0.05) is 12.6 Å². The van der Waals surface area contributed by atoms with Crippen molar-refractivity contribution in [3.63, 3.8) is 0 Å². The molecule has 1 N–H and O–H groups in total. The van der Waals surface area contributed by atoms with E-state index in [-0.39, 0.29) is 12.6 Å². The molecule has 1 aliphatic rings. The first kappa shape index (κ1) is 15.4. The van der Waals surface area contributed by atoms with Crippen molar-refractivity contribution in [1.82, 2.24) is 5.32 Å². The first-order valence-electron chi connectivity index (χ1n) is 7.12. The summed E-state index contributed by atoms with van der Waals surface area (Å²) in [4.78, 5) is 11.0. The highest BCUT2D eigenvalue weighted by Crippen LogP contribution is 2.29. The Morgan fingerprint density at radius 3 is 2.83 bits per heavy atom. The lowest BCUT2D eigenvalue weighted by atomic mass is 9.78. The molecule has 4 heteroatoms. The van der Waals surface area contributed by atoms with E-state index in [9.17, 15) is 4.79 Å². The molecule has 0 aromatic heterocycles. The Morgan fingerprint density at radius 2 is 2.11 bits per heavy atom. The molecule has 1 aliphatic carbocycles. The van der Waals surface area contributed by atoms with Gasteiger partial charge in [0.2, 0.25) is 0 Å². The summed E-state index contributed by atoms with van der Waals surface area (Å²) >= 11 is 0. The van der Waals surface area contributed by atoms with E-state index < -0.39 is 0 Å². The molecule has 3 atom stereocenters. The third-order valence-electron chi connectivity index (χ3n) is 3.89. The molecule has 1 rings (SSSR count). The third-order valence-corrected chi connectivity index (χ3v) is 3.89. The zero-order chi connectivity index (χ0) is 13.4. The predicted molar refractivity (Wildman–Crippen MR) is 71.4 cm³/mol. The molecule has 1 saturated carbocycles. The van der Waals surface area contributed by atoms with Crippen LogP contribution in [-0.4, -0.2) is 38.4 Å². The lowest BCUT2D eigenvalue weighted by Crippen LogP contribution is -2.42. The van der Waals surface area contributed by atoms with E-state index >= 15 is 0 Å². The van der Waals surface area contributed by atoms with Crippen LogP contribution in [0.25, 0.3) is 0 Å². The van der Waals surface area contributed by atoms with Gasteiger partial charge in [0.1, 0.15) is 6.61 Å². The number of ether oxygens (including phenoxy) is 2. The normalized spacial score (nSPS) is 28.1. The van der Waals surface area contributed by atoms with Gasteiger partial charge < -0.3 is 14.8 Å². The van der Waals surface area contributed by atoms with Crippen molar-refractivity contribution in [2.75, 3.05) is 26.4 Å². The topological polar surface area (TPSA) is 47.6 Å². The van der Waals surface area contributed by atoms with Crippen LogP contribution in [0.5, 0.6) is 0 Å². The maximum Gasteiger partial charge on any atom is 0.332 e. The summed E-state index contributed by atoms with van der Waals surface area (Å²) in [6.07, 6.45) is 3.91. The third kappa shape index (κ3) is 5.36. The summed E-state index contributed by atoms with van der Waals surface area (Å²) < 4.78 is 10.0. The van der Waals surface area contributed by atoms with Gasteiger partial charge in [-0.25, -0.2) is 4.79 Å². The van der Waals surface area contributed by atoms with Gasteiger partial charge >= 0.3 is 5.97 Å². The van der Waals surface area contributed by atoms with Gasteiger partial charge in [0.25, 0.3) is 0 Å². The molecular weight excluding hydrogens is 230 g/mol. The van der Waals surface area contributed by atoms with Gasteiger partial charge in [0.15, 0.2) is 0 Å². The van der Waals surface area contributed by atoms with Gasteiger partial charge in [0.05, 0.1) is 13.2 Å². The van der Waals surface area contributed by atoms with Crippen molar-refractivity contribution >= 4 is 5.97 Å². The molecule has 0 spiro atoms. The Labute approximate surface area is 110 Å². The summed E-state index contributed by atoms with van der Waals surface area (Å²) in [5.41, 5.74) is 0. The minimum Gasteiger partial charge on any atom is -0.464 e. The molecule has 0 bridgehead atoms. The Morgan fingerprint density at radius 1 is 1.33 bits per heavy atom. The summed E-state index contributed by atoms with van der Waals surface area (Å²) in [7, 11) is 0. The predicted octanol–water partition coefficient (Wildman–Crippen LogP) is 1.98. The smallest absolute Gasteiger partial charge is 0.332 e. The van der Waals surface area contributed by atoms with Gasteiger partial charge in [-0.05, 0) is 25.2 Å². The van der Waals surface area contributed by atoms with Crippen LogP contribution in [0.3, 0.4) is 0 Å². The van der Waals surface area contributed by atoms with E-state index in [1.165, 1.54) is 19.3 Å². The quantitative estimate of drug-likeness (QED) is 0.559. The van der Waals surface area contributed by atoms with Crippen molar-refractivity contribution in [1.29, 1.82) is 0 Å². The highest BCUT2D eigenvalue weighted by atomic mass is 16.6. The number of hydrogen-bond acceptors (Lipinski definition) is 4. The molecule has 106 valence electrons. The molecule has 1 fully saturated rings. The summed E-state index contributed by atoms with van der Waals surface area (Å²) in [6, 6.07) is 0.597. The zero-order valence-electron chi connectivity index (χ0n) is 11.9. The molecule has 4 nitrogen and oxygen atoms in total. The lowest BCUT2D eigenvalue weighted by Gasteiger charge is -2.34. The summed E-state index contributed by atoms with van der Waals surface area (Å²) in [5, 5.41) is 3.53. The van der Waals surface area contributed by atoms with Crippen molar-refractivity contribution in [2.24, 2.45) is 11.8 Å². The summed E-state index contributed by atoms with van der Waals surface area (Å²) in [6.45, 7) is 8.30. The van der Waals surface area contributed by atoms with Crippen LogP contribution in [0.1, 0.15) is 40.0 Å². The van der Waals surface area contributed by atoms with Crippen molar-refractivity contribution < 1.29 is 14.3 Å². The van der Waals surface area contributed by atoms with Crippen LogP contribution in [0.2, 0.25) is 0 Å². The minimum absolute atomic E-state index is 0.0616. The first-order valence-corrected chi connectivity index (χ1v) is 7.12. The Hall–Kier alpha value is -0.610. The Balaban J connectivity index is 2.05. The fourth-order valence-electron chi connectivity index (χ4n) is 2.54. The number of hydrogen-bond donors (Lipinski definition) is 1. The van der Waals surface area contributed by atoms with Crippen LogP contribution in [0, 0.1) is 11.8 Å². The largest absolute Gasteiger partial charge is 0.464 e. The van der Waals surface area contributed by atoms with E-state index in [2.05, 4.69) is 19.2 Å². The van der Waals surface area contributed by atoms with Crippen molar-refractivity contribution in [2.45, 2.75) is 46.1 Å². The second kappa shape index (κ2) is 8.48.